The number of primary amides is 1. The minimum atomic E-state index is -0.478. The molecular formula is C19H22N2O3S. The third-order valence-electron chi connectivity index (χ3n) is 4.41. The molecule has 3 N–H and O–H groups in total. The van der Waals surface area contributed by atoms with Crippen molar-refractivity contribution in [3.8, 4) is 5.75 Å². The van der Waals surface area contributed by atoms with Gasteiger partial charge >= 0.3 is 0 Å². The van der Waals surface area contributed by atoms with Crippen LogP contribution in [0.5, 0.6) is 5.75 Å². The Morgan fingerprint density at radius 2 is 2.04 bits per heavy atom. The van der Waals surface area contributed by atoms with Crippen LogP contribution < -0.4 is 15.8 Å². The summed E-state index contributed by atoms with van der Waals surface area (Å²) in [4.78, 5) is 25.6. The topological polar surface area (TPSA) is 81.4 Å². The van der Waals surface area contributed by atoms with Gasteiger partial charge in [0.2, 0.25) is 0 Å². The molecule has 1 atom stereocenters. The number of ether oxygens (including phenoxy) is 1. The van der Waals surface area contributed by atoms with Gasteiger partial charge in [0, 0.05) is 10.4 Å². The first-order valence-corrected chi connectivity index (χ1v) is 9.29. The lowest BCUT2D eigenvalue weighted by Gasteiger charge is -2.18. The van der Waals surface area contributed by atoms with Crippen LogP contribution in [-0.2, 0) is 12.8 Å². The van der Waals surface area contributed by atoms with Gasteiger partial charge in [0.25, 0.3) is 11.8 Å². The lowest BCUT2D eigenvalue weighted by Crippen LogP contribution is -2.19. The van der Waals surface area contributed by atoms with Crippen molar-refractivity contribution in [2.45, 2.75) is 33.1 Å². The van der Waals surface area contributed by atoms with Crippen LogP contribution in [0.1, 0.15) is 51.4 Å². The van der Waals surface area contributed by atoms with E-state index in [9.17, 15) is 9.59 Å². The number of nitrogens with one attached hydrogen (secondary N) is 1. The molecular weight excluding hydrogens is 336 g/mol. The Bertz CT molecular complexity index is 796. The summed E-state index contributed by atoms with van der Waals surface area (Å²) in [5.41, 5.74) is 7.59. The standard InChI is InChI=1S/C19H22N2O3S/c1-3-24-13-7-5-12(6-8-13)18(23)21-19-16(17(20)22)14-9-4-11(2)10-15(14)25-19/h5-8,11H,3-4,9-10H2,1-2H3,(H2,20,22)(H,21,23)/t11-/m1/s1. The number of carbonyl (C=O) groups is 2. The van der Waals surface area contributed by atoms with Crippen molar-refractivity contribution in [3.05, 3.63) is 45.8 Å². The highest BCUT2D eigenvalue weighted by atomic mass is 32.1. The van der Waals surface area contributed by atoms with Gasteiger partial charge in [-0.1, -0.05) is 6.92 Å². The van der Waals surface area contributed by atoms with E-state index in [0.29, 0.717) is 28.7 Å². The first kappa shape index (κ1) is 17.5. The van der Waals surface area contributed by atoms with E-state index in [0.717, 1.165) is 35.5 Å². The number of thiophene rings is 1. The maximum absolute atomic E-state index is 12.5. The molecule has 25 heavy (non-hydrogen) atoms. The maximum atomic E-state index is 12.5. The molecule has 6 heteroatoms. The van der Waals surface area contributed by atoms with E-state index in [1.807, 2.05) is 6.92 Å². The van der Waals surface area contributed by atoms with Crippen molar-refractivity contribution in [1.82, 2.24) is 0 Å². The Morgan fingerprint density at radius 3 is 2.68 bits per heavy atom. The third-order valence-corrected chi connectivity index (χ3v) is 5.58. The Hall–Kier alpha value is -2.34. The zero-order valence-electron chi connectivity index (χ0n) is 14.4. The van der Waals surface area contributed by atoms with Crippen molar-refractivity contribution in [1.29, 1.82) is 0 Å². The van der Waals surface area contributed by atoms with Crippen LogP contribution in [-0.4, -0.2) is 18.4 Å². The largest absolute Gasteiger partial charge is 0.494 e. The molecule has 0 unspecified atom stereocenters. The Balaban J connectivity index is 1.84. The van der Waals surface area contributed by atoms with Crippen LogP contribution >= 0.6 is 11.3 Å². The molecule has 1 aliphatic rings. The molecule has 2 aromatic rings. The van der Waals surface area contributed by atoms with E-state index in [-0.39, 0.29) is 5.91 Å². The number of nitrogens with two attached hydrogens (primary N) is 1. The molecule has 1 heterocycles. The number of benzene rings is 1. The summed E-state index contributed by atoms with van der Waals surface area (Å²) in [6.45, 7) is 4.68. The normalized spacial score (nSPS) is 16.2. The predicted octanol–water partition coefficient (Wildman–Crippen LogP) is 3.62. The number of amides is 2. The van der Waals surface area contributed by atoms with E-state index in [1.54, 1.807) is 24.3 Å². The number of hydrogen-bond donors (Lipinski definition) is 2. The highest BCUT2D eigenvalue weighted by Crippen LogP contribution is 2.39. The molecule has 0 saturated carbocycles. The van der Waals surface area contributed by atoms with Crippen LogP contribution in [0.3, 0.4) is 0 Å². The molecule has 0 aliphatic heterocycles. The molecule has 1 aromatic heterocycles. The molecule has 2 amide bonds. The predicted molar refractivity (Wildman–Crippen MR) is 99.6 cm³/mol. The lowest BCUT2D eigenvalue weighted by atomic mass is 9.88. The molecule has 0 radical (unpaired) electrons. The molecule has 3 rings (SSSR count). The van der Waals surface area contributed by atoms with Crippen LogP contribution in [0, 0.1) is 5.92 Å². The summed E-state index contributed by atoms with van der Waals surface area (Å²) in [6, 6.07) is 6.93. The average molecular weight is 358 g/mol. The zero-order chi connectivity index (χ0) is 18.0. The van der Waals surface area contributed by atoms with Gasteiger partial charge in [-0.05, 0) is 61.9 Å². The molecule has 0 fully saturated rings. The van der Waals surface area contributed by atoms with Gasteiger partial charge in [0.1, 0.15) is 10.8 Å². The second-order valence-electron chi connectivity index (χ2n) is 6.33. The maximum Gasteiger partial charge on any atom is 0.256 e. The molecule has 0 bridgehead atoms. The van der Waals surface area contributed by atoms with Gasteiger partial charge in [-0.25, -0.2) is 0 Å². The smallest absolute Gasteiger partial charge is 0.256 e. The SMILES string of the molecule is CCOc1ccc(C(=O)Nc2sc3c(c2C(N)=O)CC[C@@H](C)C3)cc1. The minimum absolute atomic E-state index is 0.253. The number of carbonyl (C=O) groups excluding carboxylic acids is 2. The highest BCUT2D eigenvalue weighted by Gasteiger charge is 2.27. The van der Waals surface area contributed by atoms with Crippen molar-refractivity contribution < 1.29 is 14.3 Å². The lowest BCUT2D eigenvalue weighted by molar-refractivity contribution is 0.1000. The Morgan fingerprint density at radius 1 is 1.32 bits per heavy atom. The van der Waals surface area contributed by atoms with Crippen LogP contribution in [0.25, 0.3) is 0 Å². The first-order valence-electron chi connectivity index (χ1n) is 8.48. The molecule has 1 aromatic carbocycles. The molecule has 1 aliphatic carbocycles. The van der Waals surface area contributed by atoms with E-state index >= 15 is 0 Å². The molecule has 0 saturated heterocycles. The summed E-state index contributed by atoms with van der Waals surface area (Å²) in [6.07, 6.45) is 2.81. The Labute approximate surface area is 151 Å². The molecule has 5 nitrogen and oxygen atoms in total. The van der Waals surface area contributed by atoms with E-state index in [2.05, 4.69) is 12.2 Å². The number of anilines is 1. The average Bonchev–Trinajstić information content (AvgIpc) is 2.92. The summed E-state index contributed by atoms with van der Waals surface area (Å²) in [5, 5.41) is 3.43. The van der Waals surface area contributed by atoms with Crippen molar-refractivity contribution >= 4 is 28.2 Å². The summed E-state index contributed by atoms with van der Waals surface area (Å²) in [7, 11) is 0. The fourth-order valence-corrected chi connectivity index (χ4v) is 4.56. The summed E-state index contributed by atoms with van der Waals surface area (Å²) in [5.74, 6) is 0.574. The third kappa shape index (κ3) is 3.69. The minimum Gasteiger partial charge on any atom is -0.494 e. The van der Waals surface area contributed by atoms with Crippen LogP contribution in [0.2, 0.25) is 0 Å². The number of hydrogen-bond acceptors (Lipinski definition) is 4. The Kier molecular flexibility index (Phi) is 5.08. The second kappa shape index (κ2) is 7.27. The van der Waals surface area contributed by atoms with E-state index in [4.69, 9.17) is 10.5 Å². The highest BCUT2D eigenvalue weighted by molar-refractivity contribution is 7.17. The molecule has 132 valence electrons. The first-order chi connectivity index (χ1) is 12.0. The van der Waals surface area contributed by atoms with Gasteiger partial charge in [-0.3, -0.25) is 9.59 Å². The van der Waals surface area contributed by atoms with Gasteiger partial charge in [0.15, 0.2) is 0 Å². The van der Waals surface area contributed by atoms with Crippen LogP contribution in [0.4, 0.5) is 5.00 Å². The zero-order valence-corrected chi connectivity index (χ0v) is 15.2. The van der Waals surface area contributed by atoms with E-state index < -0.39 is 5.91 Å². The van der Waals surface area contributed by atoms with E-state index in [1.165, 1.54) is 11.3 Å². The van der Waals surface area contributed by atoms with Gasteiger partial charge < -0.3 is 15.8 Å². The quantitative estimate of drug-likeness (QED) is 0.856. The van der Waals surface area contributed by atoms with Gasteiger partial charge in [0.05, 0.1) is 12.2 Å². The fraction of sp³-hybridized carbons (Fsp3) is 0.368. The van der Waals surface area contributed by atoms with Gasteiger partial charge in [-0.2, -0.15) is 0 Å². The van der Waals surface area contributed by atoms with Crippen molar-refractivity contribution in [2.24, 2.45) is 11.7 Å². The summed E-state index contributed by atoms with van der Waals surface area (Å²) >= 11 is 1.47. The second-order valence-corrected chi connectivity index (χ2v) is 7.44. The van der Waals surface area contributed by atoms with Gasteiger partial charge in [-0.15, -0.1) is 11.3 Å². The van der Waals surface area contributed by atoms with Crippen molar-refractivity contribution in [2.75, 3.05) is 11.9 Å². The number of rotatable bonds is 5. The summed E-state index contributed by atoms with van der Waals surface area (Å²) < 4.78 is 5.38. The van der Waals surface area contributed by atoms with Crippen molar-refractivity contribution in [3.63, 3.8) is 0 Å². The number of fused-ring (bicyclic) bond motifs is 1. The monoisotopic (exact) mass is 358 g/mol. The van der Waals surface area contributed by atoms with Crippen LogP contribution in [0.15, 0.2) is 24.3 Å². The fourth-order valence-electron chi connectivity index (χ4n) is 3.14. The molecule has 0 spiro atoms.